The highest BCUT2D eigenvalue weighted by molar-refractivity contribution is 6.46. The molecule has 0 radical (unpaired) electrons. The van der Waals surface area contributed by atoms with Gasteiger partial charge in [0.25, 0.3) is 11.7 Å². The van der Waals surface area contributed by atoms with Crippen LogP contribution in [-0.2, 0) is 16.0 Å². The van der Waals surface area contributed by atoms with Gasteiger partial charge in [0.15, 0.2) is 0 Å². The molecule has 6 nitrogen and oxygen atoms in total. The average molecular weight is 441 g/mol. The van der Waals surface area contributed by atoms with E-state index in [4.69, 9.17) is 16.3 Å². The Kier molecular flexibility index (Phi) is 5.77. The Labute approximate surface area is 186 Å². The number of benzene rings is 2. The summed E-state index contributed by atoms with van der Waals surface area (Å²) in [7, 11) is 3.80. The molecule has 0 bridgehead atoms. The van der Waals surface area contributed by atoms with Crippen molar-refractivity contribution in [1.29, 1.82) is 0 Å². The van der Waals surface area contributed by atoms with E-state index in [-0.39, 0.29) is 17.4 Å². The summed E-state index contributed by atoms with van der Waals surface area (Å²) in [6, 6.07) is 11.7. The maximum atomic E-state index is 13.0. The number of ether oxygens (including phenoxy) is 1. The molecule has 2 heterocycles. The number of aliphatic hydroxyl groups is 1. The fraction of sp³-hybridized carbons (Fsp3) is 0.333. The molecule has 2 aromatic rings. The average Bonchev–Trinajstić information content (AvgIpc) is 3.22. The van der Waals surface area contributed by atoms with E-state index < -0.39 is 17.7 Å². The number of Topliss-reactive ketones (excluding diaryl/α,β-unsaturated/α-hetero) is 1. The zero-order chi connectivity index (χ0) is 22.3. The van der Waals surface area contributed by atoms with E-state index in [0.29, 0.717) is 29.2 Å². The van der Waals surface area contributed by atoms with Crippen LogP contribution in [0.3, 0.4) is 0 Å². The lowest BCUT2D eigenvalue weighted by Crippen LogP contribution is -2.35. The van der Waals surface area contributed by atoms with Crippen LogP contribution in [0, 0.1) is 0 Å². The summed E-state index contributed by atoms with van der Waals surface area (Å²) in [5, 5.41) is 11.7. The molecule has 0 unspecified atom stereocenters. The van der Waals surface area contributed by atoms with E-state index >= 15 is 0 Å². The maximum Gasteiger partial charge on any atom is 0.295 e. The molecule has 2 aromatic carbocycles. The predicted molar refractivity (Wildman–Crippen MR) is 119 cm³/mol. The number of likely N-dealkylation sites (N-methyl/N-ethyl adjacent to an activating group) is 1. The number of amides is 1. The lowest BCUT2D eigenvalue weighted by Gasteiger charge is -2.26. The fourth-order valence-corrected chi connectivity index (χ4v) is 4.37. The first-order valence-electron chi connectivity index (χ1n) is 10.2. The highest BCUT2D eigenvalue weighted by Gasteiger charge is 2.46. The van der Waals surface area contributed by atoms with Crippen LogP contribution in [0.15, 0.2) is 48.0 Å². The minimum Gasteiger partial charge on any atom is -0.507 e. The fourth-order valence-electron chi connectivity index (χ4n) is 4.17. The van der Waals surface area contributed by atoms with Gasteiger partial charge in [-0.3, -0.25) is 9.59 Å². The molecule has 31 heavy (non-hydrogen) atoms. The van der Waals surface area contributed by atoms with Gasteiger partial charge in [0, 0.05) is 30.1 Å². The number of aliphatic hydroxyl groups excluding tert-OH is 1. The van der Waals surface area contributed by atoms with E-state index in [1.54, 1.807) is 30.3 Å². The van der Waals surface area contributed by atoms with Gasteiger partial charge < -0.3 is 19.6 Å². The molecule has 1 N–H and O–H groups in total. The van der Waals surface area contributed by atoms with Gasteiger partial charge in [-0.1, -0.05) is 23.7 Å². The number of hydrogen-bond donors (Lipinski definition) is 1. The molecule has 2 atom stereocenters. The molecule has 0 aliphatic carbocycles. The third-order valence-corrected chi connectivity index (χ3v) is 5.90. The van der Waals surface area contributed by atoms with Gasteiger partial charge in [-0.2, -0.15) is 0 Å². The summed E-state index contributed by atoms with van der Waals surface area (Å²) in [5.74, 6) is -0.710. The van der Waals surface area contributed by atoms with Crippen molar-refractivity contribution < 1.29 is 19.4 Å². The van der Waals surface area contributed by atoms with Crippen LogP contribution in [0.1, 0.15) is 29.7 Å². The minimum atomic E-state index is -0.706. The van der Waals surface area contributed by atoms with Crippen LogP contribution in [0.25, 0.3) is 5.76 Å². The van der Waals surface area contributed by atoms with Crippen LogP contribution < -0.4 is 4.74 Å². The Hall–Kier alpha value is -2.83. The molecule has 1 fully saturated rings. The molecular formula is C24H25ClN2O4. The number of carbonyl (C=O) groups is 2. The Morgan fingerprint density at radius 3 is 2.71 bits per heavy atom. The highest BCUT2D eigenvalue weighted by Crippen LogP contribution is 2.41. The quantitative estimate of drug-likeness (QED) is 0.436. The zero-order valence-corrected chi connectivity index (χ0v) is 18.5. The maximum absolute atomic E-state index is 13.0. The smallest absolute Gasteiger partial charge is 0.295 e. The molecule has 1 amide bonds. The second kappa shape index (κ2) is 8.36. The molecule has 7 heteroatoms. The summed E-state index contributed by atoms with van der Waals surface area (Å²) in [6.45, 7) is 2.91. The molecule has 0 aromatic heterocycles. The topological polar surface area (TPSA) is 70.1 Å². The van der Waals surface area contributed by atoms with E-state index in [1.807, 2.05) is 38.1 Å². The van der Waals surface area contributed by atoms with Crippen molar-refractivity contribution in [2.45, 2.75) is 25.5 Å². The van der Waals surface area contributed by atoms with Gasteiger partial charge in [0.05, 0.1) is 11.6 Å². The van der Waals surface area contributed by atoms with Crippen molar-refractivity contribution in [3.05, 3.63) is 69.8 Å². The van der Waals surface area contributed by atoms with Crippen molar-refractivity contribution in [2.24, 2.45) is 0 Å². The summed E-state index contributed by atoms with van der Waals surface area (Å²) >= 11 is 6.20. The monoisotopic (exact) mass is 440 g/mol. The van der Waals surface area contributed by atoms with Gasteiger partial charge >= 0.3 is 0 Å². The number of halogens is 1. The number of carbonyl (C=O) groups excluding carboxylic acids is 2. The molecule has 0 saturated carbocycles. The van der Waals surface area contributed by atoms with Gasteiger partial charge in [-0.15, -0.1) is 0 Å². The minimum absolute atomic E-state index is 0.0653. The second-order valence-electron chi connectivity index (χ2n) is 8.31. The molecular weight excluding hydrogens is 416 g/mol. The van der Waals surface area contributed by atoms with Crippen molar-refractivity contribution in [3.8, 4) is 5.75 Å². The molecule has 0 spiro atoms. The van der Waals surface area contributed by atoms with Crippen LogP contribution in [0.5, 0.6) is 5.75 Å². The van der Waals surface area contributed by atoms with Crippen LogP contribution >= 0.6 is 11.6 Å². The summed E-state index contributed by atoms with van der Waals surface area (Å²) in [6.07, 6.45) is 0.793. The first kappa shape index (κ1) is 21.4. The number of likely N-dealkylation sites (tertiary alicyclic amines) is 1. The first-order chi connectivity index (χ1) is 14.8. The van der Waals surface area contributed by atoms with Crippen LogP contribution in [0.4, 0.5) is 0 Å². The Morgan fingerprint density at radius 1 is 1.23 bits per heavy atom. The van der Waals surface area contributed by atoms with Crippen molar-refractivity contribution >= 4 is 29.1 Å². The van der Waals surface area contributed by atoms with E-state index in [1.165, 1.54) is 4.90 Å². The normalized spacial score (nSPS) is 22.2. The van der Waals surface area contributed by atoms with Gasteiger partial charge in [0.2, 0.25) is 0 Å². The van der Waals surface area contributed by atoms with Gasteiger partial charge in [-0.05, 0) is 62.5 Å². The number of ketones is 1. The van der Waals surface area contributed by atoms with Crippen LogP contribution in [0.2, 0.25) is 5.02 Å². The third-order valence-electron chi connectivity index (χ3n) is 5.66. The lowest BCUT2D eigenvalue weighted by atomic mass is 9.94. The van der Waals surface area contributed by atoms with Gasteiger partial charge in [-0.25, -0.2) is 0 Å². The number of fused-ring (bicyclic) bond motifs is 1. The Balaban J connectivity index is 1.82. The van der Waals surface area contributed by atoms with Crippen LogP contribution in [-0.4, -0.2) is 59.9 Å². The SMILES string of the molecule is C[C@H]1Cc2cc(/C(O)=C3\C(=O)C(=O)N(CCN(C)C)[C@H]3c3cccc(Cl)c3)ccc2O1. The largest absolute Gasteiger partial charge is 0.507 e. The van der Waals surface area contributed by atoms with Crippen molar-refractivity contribution in [1.82, 2.24) is 9.80 Å². The van der Waals surface area contributed by atoms with Crippen molar-refractivity contribution in [2.75, 3.05) is 27.2 Å². The second-order valence-corrected chi connectivity index (χ2v) is 8.74. The van der Waals surface area contributed by atoms with Crippen molar-refractivity contribution in [3.63, 3.8) is 0 Å². The van der Waals surface area contributed by atoms with E-state index in [2.05, 4.69) is 0 Å². The molecule has 2 aliphatic heterocycles. The number of rotatable bonds is 5. The predicted octanol–water partition coefficient (Wildman–Crippen LogP) is 3.65. The highest BCUT2D eigenvalue weighted by atomic mass is 35.5. The third kappa shape index (κ3) is 4.05. The Bertz CT molecular complexity index is 1080. The summed E-state index contributed by atoms with van der Waals surface area (Å²) < 4.78 is 5.73. The summed E-state index contributed by atoms with van der Waals surface area (Å²) in [5.41, 5.74) is 2.23. The lowest BCUT2D eigenvalue weighted by molar-refractivity contribution is -0.140. The summed E-state index contributed by atoms with van der Waals surface area (Å²) in [4.78, 5) is 29.4. The molecule has 4 rings (SSSR count). The van der Waals surface area contributed by atoms with E-state index in [9.17, 15) is 14.7 Å². The standard InChI is InChI=1S/C24H25ClN2O4/c1-14-11-17-12-16(7-8-19(17)31-14)22(28)20-21(15-5-4-6-18(25)13-15)27(10-9-26(2)3)24(30)23(20)29/h4-8,12-14,21,28H,9-11H2,1-3H3/b22-20+/t14-,21-/m0/s1. The molecule has 162 valence electrons. The number of hydrogen-bond acceptors (Lipinski definition) is 5. The zero-order valence-electron chi connectivity index (χ0n) is 17.8. The molecule has 2 aliphatic rings. The number of nitrogens with zero attached hydrogens (tertiary/aromatic N) is 2. The van der Waals surface area contributed by atoms with E-state index in [0.717, 1.165) is 17.7 Å². The molecule has 1 saturated heterocycles. The Morgan fingerprint density at radius 2 is 2.00 bits per heavy atom. The van der Waals surface area contributed by atoms with Gasteiger partial charge in [0.1, 0.15) is 17.6 Å². The first-order valence-corrected chi connectivity index (χ1v) is 10.6.